The van der Waals surface area contributed by atoms with Crippen LogP contribution in [0.3, 0.4) is 0 Å². The second kappa shape index (κ2) is 9.46. The van der Waals surface area contributed by atoms with E-state index >= 15 is 0 Å². The second-order valence-corrected chi connectivity index (χ2v) is 5.64. The van der Waals surface area contributed by atoms with Gasteiger partial charge in [0.1, 0.15) is 0 Å². The van der Waals surface area contributed by atoms with Gasteiger partial charge < -0.3 is 19.5 Å². The van der Waals surface area contributed by atoms with Gasteiger partial charge in [-0.15, -0.1) is 0 Å². The Labute approximate surface area is 153 Å². The number of rotatable bonds is 8. The molecule has 6 nitrogen and oxygen atoms in total. The molecule has 0 aliphatic rings. The molecule has 0 saturated carbocycles. The molecule has 26 heavy (non-hydrogen) atoms. The molecular formula is C20H23NO5. The van der Waals surface area contributed by atoms with Crippen LogP contribution in [0.25, 0.3) is 0 Å². The largest absolute Gasteiger partial charge is 0.493 e. The normalized spacial score (nSPS) is 11.3. The summed E-state index contributed by atoms with van der Waals surface area (Å²) in [5.41, 5.74) is 1.50. The van der Waals surface area contributed by atoms with Gasteiger partial charge in [-0.05, 0) is 37.1 Å². The number of benzene rings is 2. The highest BCUT2D eigenvalue weighted by Crippen LogP contribution is 2.29. The Morgan fingerprint density at radius 2 is 1.77 bits per heavy atom. The van der Waals surface area contributed by atoms with Gasteiger partial charge in [-0.3, -0.25) is 4.79 Å². The van der Waals surface area contributed by atoms with E-state index in [4.69, 9.17) is 9.47 Å². The van der Waals surface area contributed by atoms with Crippen molar-refractivity contribution in [2.24, 2.45) is 0 Å². The Balaban J connectivity index is 1.92. The zero-order valence-corrected chi connectivity index (χ0v) is 15.2. The smallest absolute Gasteiger partial charge is 0.337 e. The second-order valence-electron chi connectivity index (χ2n) is 5.64. The van der Waals surface area contributed by atoms with E-state index in [1.165, 1.54) is 20.3 Å². The van der Waals surface area contributed by atoms with E-state index in [9.17, 15) is 9.59 Å². The molecule has 0 radical (unpaired) electrons. The maximum absolute atomic E-state index is 12.2. The maximum Gasteiger partial charge on any atom is 0.337 e. The Kier molecular flexibility index (Phi) is 7.02. The molecule has 2 aromatic rings. The SMILES string of the molecule is COC(=O)c1ccc(O[C@@H](C)C(=O)NCCc2ccccc2)c(OC)c1. The van der Waals surface area contributed by atoms with Crippen LogP contribution in [0.5, 0.6) is 11.5 Å². The van der Waals surface area contributed by atoms with Gasteiger partial charge in [-0.25, -0.2) is 4.79 Å². The number of amides is 1. The summed E-state index contributed by atoms with van der Waals surface area (Å²) >= 11 is 0. The van der Waals surface area contributed by atoms with Gasteiger partial charge in [0.25, 0.3) is 5.91 Å². The van der Waals surface area contributed by atoms with Gasteiger partial charge >= 0.3 is 5.97 Å². The van der Waals surface area contributed by atoms with E-state index < -0.39 is 12.1 Å². The maximum atomic E-state index is 12.2. The lowest BCUT2D eigenvalue weighted by molar-refractivity contribution is -0.127. The van der Waals surface area contributed by atoms with E-state index in [-0.39, 0.29) is 5.91 Å². The topological polar surface area (TPSA) is 73.9 Å². The summed E-state index contributed by atoms with van der Waals surface area (Å²) in [5.74, 6) is 0.0456. The minimum absolute atomic E-state index is 0.222. The van der Waals surface area contributed by atoms with Crippen molar-refractivity contribution in [2.45, 2.75) is 19.4 Å². The number of ether oxygens (including phenoxy) is 3. The average molecular weight is 357 g/mol. The zero-order valence-electron chi connectivity index (χ0n) is 15.2. The van der Waals surface area contributed by atoms with Gasteiger partial charge in [0, 0.05) is 6.54 Å². The molecule has 138 valence electrons. The summed E-state index contributed by atoms with van der Waals surface area (Å²) in [6.45, 7) is 2.18. The van der Waals surface area contributed by atoms with E-state index in [2.05, 4.69) is 10.1 Å². The quantitative estimate of drug-likeness (QED) is 0.735. The highest BCUT2D eigenvalue weighted by atomic mass is 16.5. The third-order valence-electron chi connectivity index (χ3n) is 3.81. The van der Waals surface area contributed by atoms with Crippen molar-refractivity contribution in [3.63, 3.8) is 0 Å². The number of methoxy groups -OCH3 is 2. The molecule has 0 spiro atoms. The molecule has 2 aromatic carbocycles. The Bertz CT molecular complexity index is 745. The predicted molar refractivity (Wildman–Crippen MR) is 97.6 cm³/mol. The molecular weight excluding hydrogens is 334 g/mol. The van der Waals surface area contributed by atoms with Crippen molar-refractivity contribution in [1.82, 2.24) is 5.32 Å². The first-order valence-corrected chi connectivity index (χ1v) is 8.29. The summed E-state index contributed by atoms with van der Waals surface area (Å²) in [6, 6.07) is 14.6. The molecule has 2 rings (SSSR count). The van der Waals surface area contributed by atoms with Crippen LogP contribution in [0.4, 0.5) is 0 Å². The lowest BCUT2D eigenvalue weighted by Crippen LogP contribution is -2.37. The molecule has 0 unspecified atom stereocenters. The van der Waals surface area contributed by atoms with Gasteiger partial charge in [0.15, 0.2) is 17.6 Å². The molecule has 0 aliphatic heterocycles. The Morgan fingerprint density at radius 3 is 2.42 bits per heavy atom. The van der Waals surface area contributed by atoms with Crippen LogP contribution in [0.15, 0.2) is 48.5 Å². The minimum atomic E-state index is -0.705. The van der Waals surface area contributed by atoms with Crippen LogP contribution >= 0.6 is 0 Å². The van der Waals surface area contributed by atoms with E-state index in [1.807, 2.05) is 30.3 Å². The van der Waals surface area contributed by atoms with Crippen molar-refractivity contribution < 1.29 is 23.8 Å². The third-order valence-corrected chi connectivity index (χ3v) is 3.81. The Morgan fingerprint density at radius 1 is 1.04 bits per heavy atom. The third kappa shape index (κ3) is 5.24. The first kappa shape index (κ1) is 19.3. The first-order valence-electron chi connectivity index (χ1n) is 8.29. The summed E-state index contributed by atoms with van der Waals surface area (Å²) < 4.78 is 15.6. The number of carbonyl (C=O) groups is 2. The van der Waals surface area contributed by atoms with Gasteiger partial charge in [-0.1, -0.05) is 30.3 Å². The molecule has 0 saturated heterocycles. The van der Waals surface area contributed by atoms with E-state index in [0.717, 1.165) is 12.0 Å². The Hall–Kier alpha value is -3.02. The molecule has 0 fully saturated rings. The van der Waals surface area contributed by atoms with Crippen LogP contribution in [0.1, 0.15) is 22.8 Å². The molecule has 0 aromatic heterocycles. The summed E-state index contributed by atoms with van der Waals surface area (Å²) in [6.07, 6.45) is 0.0415. The molecule has 0 heterocycles. The van der Waals surface area contributed by atoms with Crippen molar-refractivity contribution >= 4 is 11.9 Å². The lowest BCUT2D eigenvalue weighted by Gasteiger charge is -2.17. The highest BCUT2D eigenvalue weighted by molar-refractivity contribution is 5.90. The number of hydrogen-bond acceptors (Lipinski definition) is 5. The van der Waals surface area contributed by atoms with Crippen molar-refractivity contribution in [3.8, 4) is 11.5 Å². The molecule has 6 heteroatoms. The van der Waals surface area contributed by atoms with Crippen LogP contribution in [0.2, 0.25) is 0 Å². The fraction of sp³-hybridized carbons (Fsp3) is 0.300. The van der Waals surface area contributed by atoms with E-state index in [1.54, 1.807) is 19.1 Å². The fourth-order valence-corrected chi connectivity index (χ4v) is 2.37. The van der Waals surface area contributed by atoms with Gasteiger partial charge in [-0.2, -0.15) is 0 Å². The predicted octanol–water partition coefficient (Wildman–Crippen LogP) is 2.61. The van der Waals surface area contributed by atoms with E-state index in [0.29, 0.717) is 23.6 Å². The standard InChI is InChI=1S/C20H23NO5/c1-14(19(22)21-12-11-15-7-5-4-6-8-15)26-17-10-9-16(20(23)25-3)13-18(17)24-2/h4-10,13-14H,11-12H2,1-3H3,(H,21,22)/t14-/m0/s1. The molecule has 1 N–H and O–H groups in total. The number of nitrogens with one attached hydrogen (secondary N) is 1. The molecule has 1 atom stereocenters. The van der Waals surface area contributed by atoms with Crippen molar-refractivity contribution in [2.75, 3.05) is 20.8 Å². The average Bonchev–Trinajstić information content (AvgIpc) is 2.68. The molecule has 1 amide bonds. The lowest BCUT2D eigenvalue weighted by atomic mass is 10.1. The highest BCUT2D eigenvalue weighted by Gasteiger charge is 2.18. The molecule has 0 aliphatic carbocycles. The summed E-state index contributed by atoms with van der Waals surface area (Å²) in [5, 5.41) is 2.85. The number of carbonyl (C=O) groups excluding carboxylic acids is 2. The molecule has 0 bridgehead atoms. The first-order chi connectivity index (χ1) is 12.5. The summed E-state index contributed by atoms with van der Waals surface area (Å²) in [7, 11) is 2.77. The van der Waals surface area contributed by atoms with Crippen molar-refractivity contribution in [1.29, 1.82) is 0 Å². The van der Waals surface area contributed by atoms with Crippen LogP contribution in [0, 0.1) is 0 Å². The van der Waals surface area contributed by atoms with Gasteiger partial charge in [0.2, 0.25) is 0 Å². The van der Waals surface area contributed by atoms with Crippen LogP contribution in [-0.2, 0) is 16.0 Å². The minimum Gasteiger partial charge on any atom is -0.493 e. The summed E-state index contributed by atoms with van der Waals surface area (Å²) in [4.78, 5) is 23.8. The van der Waals surface area contributed by atoms with Gasteiger partial charge in [0.05, 0.1) is 19.8 Å². The van der Waals surface area contributed by atoms with Crippen molar-refractivity contribution in [3.05, 3.63) is 59.7 Å². The number of esters is 1. The van der Waals surface area contributed by atoms with Crippen LogP contribution in [-0.4, -0.2) is 38.7 Å². The van der Waals surface area contributed by atoms with Crippen LogP contribution < -0.4 is 14.8 Å². The fourth-order valence-electron chi connectivity index (χ4n) is 2.37. The number of hydrogen-bond donors (Lipinski definition) is 1. The monoisotopic (exact) mass is 357 g/mol. The zero-order chi connectivity index (χ0) is 18.9.